The van der Waals surface area contributed by atoms with E-state index in [9.17, 15) is 12.8 Å². The molecule has 4 nitrogen and oxygen atoms in total. The van der Waals surface area contributed by atoms with Crippen LogP contribution in [0.4, 0.5) is 10.1 Å². The highest BCUT2D eigenvalue weighted by molar-refractivity contribution is 7.90. The van der Waals surface area contributed by atoms with E-state index in [-0.39, 0.29) is 4.90 Å². The Balaban J connectivity index is 2.77. The number of anilines is 1. The van der Waals surface area contributed by atoms with Gasteiger partial charge in [-0.2, -0.15) is 0 Å². The molecule has 0 unspecified atom stereocenters. The van der Waals surface area contributed by atoms with Crippen LogP contribution in [-0.4, -0.2) is 46.8 Å². The minimum Gasteiger partial charge on any atom is -0.381 e. The largest absolute Gasteiger partial charge is 0.381 e. The van der Waals surface area contributed by atoms with Gasteiger partial charge in [-0.25, -0.2) is 12.8 Å². The van der Waals surface area contributed by atoms with Gasteiger partial charge in [0.2, 0.25) is 0 Å². The van der Waals surface area contributed by atoms with E-state index in [1.165, 1.54) is 12.1 Å². The van der Waals surface area contributed by atoms with Crippen molar-refractivity contribution in [2.45, 2.75) is 4.90 Å². The van der Waals surface area contributed by atoms with E-state index in [0.29, 0.717) is 12.2 Å². The van der Waals surface area contributed by atoms with Gasteiger partial charge < -0.3 is 10.2 Å². The molecule has 1 aromatic rings. The van der Waals surface area contributed by atoms with Crippen molar-refractivity contribution in [3.63, 3.8) is 0 Å². The molecule has 6 heteroatoms. The van der Waals surface area contributed by atoms with Crippen molar-refractivity contribution < 1.29 is 12.8 Å². The summed E-state index contributed by atoms with van der Waals surface area (Å²) in [6, 6.07) is 3.88. The molecule has 17 heavy (non-hydrogen) atoms. The fourth-order valence-corrected chi connectivity index (χ4v) is 1.92. The predicted molar refractivity (Wildman–Crippen MR) is 66.6 cm³/mol. The summed E-state index contributed by atoms with van der Waals surface area (Å²) in [5.41, 5.74) is 0.319. The minimum absolute atomic E-state index is 0.00633. The van der Waals surface area contributed by atoms with Gasteiger partial charge >= 0.3 is 0 Å². The molecule has 0 saturated heterocycles. The molecular formula is C11H17FN2O2S. The van der Waals surface area contributed by atoms with Gasteiger partial charge in [-0.15, -0.1) is 0 Å². The molecule has 0 saturated carbocycles. The highest BCUT2D eigenvalue weighted by Gasteiger charge is 2.10. The van der Waals surface area contributed by atoms with Crippen LogP contribution >= 0.6 is 0 Å². The van der Waals surface area contributed by atoms with Gasteiger partial charge in [0.05, 0.1) is 10.6 Å². The first-order valence-corrected chi connectivity index (χ1v) is 7.08. The van der Waals surface area contributed by atoms with Crippen LogP contribution in [0, 0.1) is 5.82 Å². The van der Waals surface area contributed by atoms with Crippen molar-refractivity contribution in [1.82, 2.24) is 4.90 Å². The van der Waals surface area contributed by atoms with E-state index in [0.717, 1.165) is 18.9 Å². The van der Waals surface area contributed by atoms with Crippen LogP contribution in [0.1, 0.15) is 0 Å². The van der Waals surface area contributed by atoms with Gasteiger partial charge in [0.25, 0.3) is 0 Å². The second-order valence-electron chi connectivity index (χ2n) is 4.14. The van der Waals surface area contributed by atoms with Crippen LogP contribution < -0.4 is 5.32 Å². The second-order valence-corrected chi connectivity index (χ2v) is 6.16. The molecule has 0 spiro atoms. The zero-order valence-corrected chi connectivity index (χ0v) is 11.0. The molecule has 1 rings (SSSR count). The monoisotopic (exact) mass is 260 g/mol. The summed E-state index contributed by atoms with van der Waals surface area (Å²) >= 11 is 0. The maximum atomic E-state index is 13.6. The Morgan fingerprint density at radius 3 is 2.47 bits per heavy atom. The Morgan fingerprint density at radius 1 is 1.35 bits per heavy atom. The van der Waals surface area contributed by atoms with E-state index in [1.54, 1.807) is 0 Å². The number of hydrogen-bond donors (Lipinski definition) is 1. The number of sulfone groups is 1. The Labute approximate surface area is 101 Å². The fraction of sp³-hybridized carbons (Fsp3) is 0.455. The zero-order chi connectivity index (χ0) is 13.1. The van der Waals surface area contributed by atoms with Crippen molar-refractivity contribution in [3.8, 4) is 0 Å². The predicted octanol–water partition coefficient (Wildman–Crippen LogP) is 1.20. The summed E-state index contributed by atoms with van der Waals surface area (Å²) in [5.74, 6) is -0.549. The molecule has 1 aromatic carbocycles. The van der Waals surface area contributed by atoms with E-state index in [1.807, 2.05) is 19.0 Å². The first-order chi connectivity index (χ1) is 7.80. The molecule has 0 aliphatic rings. The number of likely N-dealkylation sites (N-methyl/N-ethyl adjacent to an activating group) is 1. The normalized spacial score (nSPS) is 11.8. The van der Waals surface area contributed by atoms with Crippen molar-refractivity contribution in [2.75, 3.05) is 38.8 Å². The lowest BCUT2D eigenvalue weighted by molar-refractivity contribution is 0.425. The van der Waals surface area contributed by atoms with Crippen LogP contribution in [0.5, 0.6) is 0 Å². The van der Waals surface area contributed by atoms with E-state index in [4.69, 9.17) is 0 Å². The fourth-order valence-electron chi connectivity index (χ4n) is 1.28. The number of nitrogens with zero attached hydrogens (tertiary/aromatic N) is 1. The van der Waals surface area contributed by atoms with Crippen LogP contribution in [0.25, 0.3) is 0 Å². The van der Waals surface area contributed by atoms with Gasteiger partial charge in [-0.1, -0.05) is 0 Å². The molecule has 0 fully saturated rings. The molecule has 0 aliphatic carbocycles. The van der Waals surface area contributed by atoms with Gasteiger partial charge in [-0.3, -0.25) is 0 Å². The summed E-state index contributed by atoms with van der Waals surface area (Å²) in [6.07, 6.45) is 1.06. The first kappa shape index (κ1) is 13.9. The van der Waals surface area contributed by atoms with E-state index in [2.05, 4.69) is 5.32 Å². The van der Waals surface area contributed by atoms with Crippen LogP contribution in [0.2, 0.25) is 0 Å². The quantitative estimate of drug-likeness (QED) is 0.864. The lowest BCUT2D eigenvalue weighted by Gasteiger charge is -2.12. The molecular weight excluding hydrogens is 243 g/mol. The standard InChI is InChI=1S/C11H17FN2O2S/c1-14(2)7-6-13-11-5-4-9(8-10(11)12)17(3,15)16/h4-5,8,13H,6-7H2,1-3H3. The highest BCUT2D eigenvalue weighted by Crippen LogP contribution is 2.18. The average Bonchev–Trinajstić information content (AvgIpc) is 2.18. The minimum atomic E-state index is -3.35. The van der Waals surface area contributed by atoms with Gasteiger partial charge in [0, 0.05) is 19.3 Å². The maximum absolute atomic E-state index is 13.6. The maximum Gasteiger partial charge on any atom is 0.175 e. The lowest BCUT2D eigenvalue weighted by atomic mass is 10.3. The van der Waals surface area contributed by atoms with Crippen molar-refractivity contribution >= 4 is 15.5 Å². The smallest absolute Gasteiger partial charge is 0.175 e. The highest BCUT2D eigenvalue weighted by atomic mass is 32.2. The zero-order valence-electron chi connectivity index (χ0n) is 10.2. The number of benzene rings is 1. The molecule has 0 bridgehead atoms. The third kappa shape index (κ3) is 4.32. The SMILES string of the molecule is CN(C)CCNc1ccc(S(C)(=O)=O)cc1F. The summed E-state index contributed by atoms with van der Waals surface area (Å²) < 4.78 is 36.0. The van der Waals surface area contributed by atoms with Crippen molar-refractivity contribution in [3.05, 3.63) is 24.0 Å². The number of rotatable bonds is 5. The molecule has 0 amide bonds. The molecule has 0 heterocycles. The Hall–Kier alpha value is -1.14. The van der Waals surface area contributed by atoms with E-state index < -0.39 is 15.7 Å². The number of nitrogens with one attached hydrogen (secondary N) is 1. The molecule has 0 aliphatic heterocycles. The molecule has 96 valence electrons. The van der Waals surface area contributed by atoms with Gasteiger partial charge in [0.1, 0.15) is 5.82 Å². The summed E-state index contributed by atoms with van der Waals surface area (Å²) in [4.78, 5) is 1.96. The summed E-state index contributed by atoms with van der Waals surface area (Å²) in [5, 5.41) is 2.91. The Bertz CT molecular complexity index is 486. The first-order valence-electron chi connectivity index (χ1n) is 5.19. The van der Waals surface area contributed by atoms with Gasteiger partial charge in [-0.05, 0) is 32.3 Å². The Kier molecular flexibility index (Phi) is 4.47. The molecule has 0 aromatic heterocycles. The van der Waals surface area contributed by atoms with Crippen LogP contribution in [0.15, 0.2) is 23.1 Å². The summed E-state index contributed by atoms with van der Waals surface area (Å²) in [7, 11) is 0.491. The molecule has 1 N–H and O–H groups in total. The average molecular weight is 260 g/mol. The topological polar surface area (TPSA) is 49.4 Å². The van der Waals surface area contributed by atoms with Crippen LogP contribution in [0.3, 0.4) is 0 Å². The third-order valence-corrected chi connectivity index (χ3v) is 3.35. The lowest BCUT2D eigenvalue weighted by Crippen LogP contribution is -2.21. The van der Waals surface area contributed by atoms with E-state index >= 15 is 0 Å². The Morgan fingerprint density at radius 2 is 2.00 bits per heavy atom. The van der Waals surface area contributed by atoms with Crippen molar-refractivity contribution in [1.29, 1.82) is 0 Å². The van der Waals surface area contributed by atoms with Crippen LogP contribution in [-0.2, 0) is 9.84 Å². The molecule has 0 radical (unpaired) electrons. The number of hydrogen-bond acceptors (Lipinski definition) is 4. The van der Waals surface area contributed by atoms with Gasteiger partial charge in [0.15, 0.2) is 9.84 Å². The molecule has 0 atom stereocenters. The summed E-state index contributed by atoms with van der Waals surface area (Å²) in [6.45, 7) is 1.37. The number of halogens is 1. The second kappa shape index (κ2) is 5.46. The third-order valence-electron chi connectivity index (χ3n) is 2.24. The van der Waals surface area contributed by atoms with Crippen molar-refractivity contribution in [2.24, 2.45) is 0 Å².